The molecule has 0 bridgehead atoms. The fourth-order valence-electron chi connectivity index (χ4n) is 2.93. The van der Waals surface area contributed by atoms with Crippen LogP contribution >= 0.6 is 0 Å². The van der Waals surface area contributed by atoms with Crippen LogP contribution < -0.4 is 10.9 Å². The Morgan fingerprint density at radius 3 is 2.34 bits per heavy atom. The van der Waals surface area contributed by atoms with Gasteiger partial charge in [0, 0.05) is 17.9 Å². The van der Waals surface area contributed by atoms with Crippen LogP contribution in [0.15, 0.2) is 65.5 Å². The number of aryl methyl sites for hydroxylation is 2. The van der Waals surface area contributed by atoms with E-state index in [2.05, 4.69) is 5.32 Å². The number of benzene rings is 2. The molecule has 3 aromatic rings. The molecule has 0 saturated carbocycles. The molecule has 0 aliphatic rings. The van der Waals surface area contributed by atoms with E-state index in [0.29, 0.717) is 5.69 Å². The number of pyridine rings is 1. The maximum atomic E-state index is 13.0. The Kier molecular flexibility index (Phi) is 5.59. The van der Waals surface area contributed by atoms with Gasteiger partial charge in [-0.2, -0.15) is 13.2 Å². The molecule has 1 amide bonds. The van der Waals surface area contributed by atoms with Gasteiger partial charge in [-0.05, 0) is 49.7 Å². The number of halogens is 3. The van der Waals surface area contributed by atoms with Crippen molar-refractivity contribution in [2.75, 3.05) is 0 Å². The van der Waals surface area contributed by atoms with Crippen molar-refractivity contribution in [2.24, 2.45) is 0 Å². The second kappa shape index (κ2) is 7.95. The van der Waals surface area contributed by atoms with Crippen LogP contribution in [0, 0.1) is 13.8 Å². The number of amides is 1. The lowest BCUT2D eigenvalue weighted by molar-refractivity contribution is -0.137. The number of carbonyl (C=O) groups is 1. The van der Waals surface area contributed by atoms with Crippen LogP contribution in [0.5, 0.6) is 0 Å². The largest absolute Gasteiger partial charge is 0.416 e. The van der Waals surface area contributed by atoms with Crippen molar-refractivity contribution in [3.05, 3.63) is 99.0 Å². The van der Waals surface area contributed by atoms with Gasteiger partial charge in [0.2, 0.25) is 0 Å². The molecule has 7 heteroatoms. The highest BCUT2D eigenvalue weighted by atomic mass is 19.4. The lowest BCUT2D eigenvalue weighted by Gasteiger charge is -2.14. The first-order valence-electron chi connectivity index (χ1n) is 8.91. The zero-order valence-electron chi connectivity index (χ0n) is 15.9. The van der Waals surface area contributed by atoms with E-state index >= 15 is 0 Å². The van der Waals surface area contributed by atoms with Crippen molar-refractivity contribution in [3.8, 4) is 5.69 Å². The van der Waals surface area contributed by atoms with Gasteiger partial charge in [0.15, 0.2) is 0 Å². The average molecular weight is 400 g/mol. The van der Waals surface area contributed by atoms with E-state index in [1.54, 1.807) is 6.92 Å². The highest BCUT2D eigenvalue weighted by molar-refractivity contribution is 5.93. The van der Waals surface area contributed by atoms with Gasteiger partial charge in [0.05, 0.1) is 5.56 Å². The van der Waals surface area contributed by atoms with Crippen LogP contribution in [-0.2, 0) is 12.7 Å². The highest BCUT2D eigenvalue weighted by Gasteiger charge is 2.30. The molecule has 0 saturated heterocycles. The van der Waals surface area contributed by atoms with E-state index in [1.165, 1.54) is 24.3 Å². The molecule has 0 aliphatic heterocycles. The van der Waals surface area contributed by atoms with Crippen LogP contribution in [0.2, 0.25) is 0 Å². The maximum absolute atomic E-state index is 13.0. The van der Waals surface area contributed by atoms with Gasteiger partial charge in [0.25, 0.3) is 11.5 Å². The predicted octanol–water partition coefficient (Wildman–Crippen LogP) is 4.40. The van der Waals surface area contributed by atoms with Gasteiger partial charge in [0.1, 0.15) is 5.56 Å². The summed E-state index contributed by atoms with van der Waals surface area (Å²) in [6, 6.07) is 14.9. The number of alkyl halides is 3. The SMILES string of the molecule is Cc1ccc(CNC(=O)c2ccc(C)n(-c3cccc(C(F)(F)F)c3)c2=O)cc1. The molecule has 2 aromatic carbocycles. The summed E-state index contributed by atoms with van der Waals surface area (Å²) in [5.74, 6) is -0.587. The first-order valence-corrected chi connectivity index (χ1v) is 8.91. The molecule has 0 atom stereocenters. The van der Waals surface area contributed by atoms with E-state index in [1.807, 2.05) is 31.2 Å². The molecule has 4 nitrogen and oxygen atoms in total. The van der Waals surface area contributed by atoms with E-state index in [4.69, 9.17) is 0 Å². The monoisotopic (exact) mass is 400 g/mol. The Morgan fingerprint density at radius 2 is 1.69 bits per heavy atom. The highest BCUT2D eigenvalue weighted by Crippen LogP contribution is 2.30. The third-order valence-electron chi connectivity index (χ3n) is 4.53. The average Bonchev–Trinajstić information content (AvgIpc) is 2.67. The zero-order chi connectivity index (χ0) is 21.2. The van der Waals surface area contributed by atoms with E-state index in [0.717, 1.165) is 27.8 Å². The minimum atomic E-state index is -4.53. The topological polar surface area (TPSA) is 51.1 Å². The number of hydrogen-bond donors (Lipinski definition) is 1. The van der Waals surface area contributed by atoms with Crippen molar-refractivity contribution in [1.29, 1.82) is 0 Å². The Morgan fingerprint density at radius 1 is 1.00 bits per heavy atom. The second-order valence-electron chi connectivity index (χ2n) is 6.75. The third-order valence-corrected chi connectivity index (χ3v) is 4.53. The normalized spacial score (nSPS) is 11.3. The van der Waals surface area contributed by atoms with E-state index in [9.17, 15) is 22.8 Å². The van der Waals surface area contributed by atoms with Crippen molar-refractivity contribution in [1.82, 2.24) is 9.88 Å². The maximum Gasteiger partial charge on any atom is 0.416 e. The quantitative estimate of drug-likeness (QED) is 0.706. The molecule has 1 aromatic heterocycles. The summed E-state index contributed by atoms with van der Waals surface area (Å²) in [6.07, 6.45) is -4.53. The summed E-state index contributed by atoms with van der Waals surface area (Å²) in [5, 5.41) is 2.68. The number of rotatable bonds is 4. The lowest BCUT2D eigenvalue weighted by atomic mass is 10.1. The molecule has 0 aliphatic carbocycles. The van der Waals surface area contributed by atoms with E-state index < -0.39 is 23.2 Å². The number of aromatic nitrogens is 1. The zero-order valence-corrected chi connectivity index (χ0v) is 15.9. The Balaban J connectivity index is 1.92. The molecule has 1 heterocycles. The van der Waals surface area contributed by atoms with Crippen molar-refractivity contribution < 1.29 is 18.0 Å². The van der Waals surface area contributed by atoms with Crippen molar-refractivity contribution >= 4 is 5.91 Å². The summed E-state index contributed by atoms with van der Waals surface area (Å²) in [5.41, 5.74) is 0.748. The number of nitrogens with zero attached hydrogens (tertiary/aromatic N) is 1. The fourth-order valence-corrected chi connectivity index (χ4v) is 2.93. The van der Waals surface area contributed by atoms with Gasteiger partial charge in [-0.1, -0.05) is 35.9 Å². The van der Waals surface area contributed by atoms with Crippen LogP contribution in [-0.4, -0.2) is 10.5 Å². The Hall–Kier alpha value is -3.35. The van der Waals surface area contributed by atoms with Crippen LogP contribution in [0.25, 0.3) is 5.69 Å². The lowest BCUT2D eigenvalue weighted by Crippen LogP contribution is -2.33. The van der Waals surface area contributed by atoms with Crippen molar-refractivity contribution in [2.45, 2.75) is 26.6 Å². The van der Waals surface area contributed by atoms with Crippen LogP contribution in [0.3, 0.4) is 0 Å². The Labute approximate surface area is 165 Å². The molecular weight excluding hydrogens is 381 g/mol. The first kappa shape index (κ1) is 20.4. The van der Waals surface area contributed by atoms with Gasteiger partial charge in [-0.25, -0.2) is 0 Å². The van der Waals surface area contributed by atoms with Gasteiger partial charge in [-0.15, -0.1) is 0 Å². The predicted molar refractivity (Wildman–Crippen MR) is 104 cm³/mol. The minimum Gasteiger partial charge on any atom is -0.348 e. The van der Waals surface area contributed by atoms with Crippen LogP contribution in [0.4, 0.5) is 13.2 Å². The number of nitrogens with one attached hydrogen (secondary N) is 1. The summed E-state index contributed by atoms with van der Waals surface area (Å²) >= 11 is 0. The Bertz CT molecular complexity index is 1100. The van der Waals surface area contributed by atoms with Gasteiger partial charge in [-0.3, -0.25) is 14.2 Å². The summed E-state index contributed by atoms with van der Waals surface area (Å²) in [4.78, 5) is 25.4. The van der Waals surface area contributed by atoms with E-state index in [-0.39, 0.29) is 17.8 Å². The van der Waals surface area contributed by atoms with Gasteiger partial charge >= 0.3 is 6.18 Å². The molecule has 0 unspecified atom stereocenters. The number of carbonyl (C=O) groups excluding carboxylic acids is 1. The summed E-state index contributed by atoms with van der Waals surface area (Å²) < 4.78 is 40.2. The molecule has 1 N–H and O–H groups in total. The first-order chi connectivity index (χ1) is 13.7. The number of hydrogen-bond acceptors (Lipinski definition) is 2. The van der Waals surface area contributed by atoms with Crippen LogP contribution in [0.1, 0.15) is 32.7 Å². The molecule has 0 radical (unpaired) electrons. The molecule has 3 rings (SSSR count). The standard InChI is InChI=1S/C22H19F3N2O2/c1-14-6-9-16(10-7-14)13-26-20(28)19-11-8-15(2)27(21(19)29)18-5-3-4-17(12-18)22(23,24)25/h3-12H,13H2,1-2H3,(H,26,28). The smallest absolute Gasteiger partial charge is 0.348 e. The molecule has 150 valence electrons. The fraction of sp³-hybridized carbons (Fsp3) is 0.182. The summed E-state index contributed by atoms with van der Waals surface area (Å²) in [7, 11) is 0. The molecule has 0 spiro atoms. The van der Waals surface area contributed by atoms with Crippen molar-refractivity contribution in [3.63, 3.8) is 0 Å². The third kappa shape index (κ3) is 4.56. The molecule has 29 heavy (non-hydrogen) atoms. The summed E-state index contributed by atoms with van der Waals surface area (Å²) in [6.45, 7) is 3.77. The van der Waals surface area contributed by atoms with Gasteiger partial charge < -0.3 is 5.32 Å². The molecular formula is C22H19F3N2O2. The minimum absolute atomic E-state index is 0.0514. The molecule has 0 fully saturated rings. The second-order valence-corrected chi connectivity index (χ2v) is 6.75.